The van der Waals surface area contributed by atoms with Crippen LogP contribution in [0, 0.1) is 9.39 Å². The van der Waals surface area contributed by atoms with Crippen LogP contribution < -0.4 is 4.72 Å². The normalized spacial score (nSPS) is 11.5. The van der Waals surface area contributed by atoms with Crippen molar-refractivity contribution in [3.63, 3.8) is 0 Å². The van der Waals surface area contributed by atoms with E-state index < -0.39 is 15.8 Å². The Morgan fingerprint density at radius 3 is 2.50 bits per heavy atom. The Labute approximate surface area is 140 Å². The van der Waals surface area contributed by atoms with Crippen molar-refractivity contribution in [3.8, 4) is 0 Å². The van der Waals surface area contributed by atoms with E-state index in [-0.39, 0.29) is 15.8 Å². The molecule has 3 rings (SSSR count). The molecule has 0 aliphatic carbocycles. The van der Waals surface area contributed by atoms with E-state index in [2.05, 4.69) is 32.3 Å². The van der Waals surface area contributed by atoms with Crippen molar-refractivity contribution >= 4 is 49.2 Å². The summed E-state index contributed by atoms with van der Waals surface area (Å²) in [6.45, 7) is 0. The number of nitrogens with one attached hydrogen (secondary N) is 1. The highest BCUT2D eigenvalue weighted by Gasteiger charge is 2.19. The molecule has 3 aromatic rings. The minimum atomic E-state index is -3.83. The average Bonchev–Trinajstić information content (AvgIpc) is 2.50. The Hall–Kier alpha value is -1.74. The third-order valence-corrected chi connectivity index (χ3v) is 5.23. The molecule has 0 aliphatic rings. The molecule has 0 bridgehead atoms. The first kappa shape index (κ1) is 15.2. The lowest BCUT2D eigenvalue weighted by molar-refractivity contribution is 0.601. The second-order valence-corrected chi connectivity index (χ2v) is 7.45. The number of hydrogen-bond acceptors (Lipinski definition) is 3. The molecule has 0 saturated heterocycles. The molecular weight excluding hydrogens is 418 g/mol. The van der Waals surface area contributed by atoms with Gasteiger partial charge in [0, 0.05) is 20.8 Å². The van der Waals surface area contributed by atoms with E-state index in [0.29, 0.717) is 5.69 Å². The molecule has 0 unspecified atom stereocenters. The zero-order valence-corrected chi connectivity index (χ0v) is 14.1. The topological polar surface area (TPSA) is 59.1 Å². The molecule has 0 aliphatic heterocycles. The summed E-state index contributed by atoms with van der Waals surface area (Å²) in [5.74, 6) is -0.552. The molecule has 0 radical (unpaired) electrons. The first-order valence-corrected chi connectivity index (χ1v) is 8.85. The minimum absolute atomic E-state index is 0.00412. The fourth-order valence-corrected chi connectivity index (χ4v) is 3.69. The summed E-state index contributed by atoms with van der Waals surface area (Å²) in [7, 11) is -3.83. The lowest BCUT2D eigenvalue weighted by atomic mass is 10.2. The van der Waals surface area contributed by atoms with Crippen molar-refractivity contribution in [2.45, 2.75) is 4.90 Å². The van der Waals surface area contributed by atoms with E-state index in [1.54, 1.807) is 30.3 Å². The van der Waals surface area contributed by atoms with Crippen LogP contribution in [0.1, 0.15) is 0 Å². The quantitative estimate of drug-likeness (QED) is 0.647. The van der Waals surface area contributed by atoms with Crippen molar-refractivity contribution in [1.82, 2.24) is 4.98 Å². The molecule has 0 amide bonds. The SMILES string of the molecule is O=S(=O)(Nc1ccc(I)cc1)c1ccc(F)c2ncccc12. The predicted octanol–water partition coefficient (Wildman–Crippen LogP) is 3.78. The van der Waals surface area contributed by atoms with Crippen LogP contribution in [0.5, 0.6) is 0 Å². The van der Waals surface area contributed by atoms with Crippen LogP contribution in [0.2, 0.25) is 0 Å². The van der Waals surface area contributed by atoms with Crippen LogP contribution in [0.25, 0.3) is 10.9 Å². The Morgan fingerprint density at radius 1 is 1.05 bits per heavy atom. The summed E-state index contributed by atoms with van der Waals surface area (Å²) < 4.78 is 42.3. The summed E-state index contributed by atoms with van der Waals surface area (Å²) >= 11 is 2.13. The Bertz CT molecular complexity index is 943. The number of hydrogen-bond donors (Lipinski definition) is 1. The Morgan fingerprint density at radius 2 is 1.77 bits per heavy atom. The molecule has 7 heteroatoms. The van der Waals surface area contributed by atoms with Gasteiger partial charge in [0.25, 0.3) is 10.0 Å². The van der Waals surface area contributed by atoms with E-state index >= 15 is 0 Å². The number of benzene rings is 2. The highest BCUT2D eigenvalue weighted by Crippen LogP contribution is 2.25. The lowest BCUT2D eigenvalue weighted by Gasteiger charge is -2.10. The van der Waals surface area contributed by atoms with Gasteiger partial charge in [0.15, 0.2) is 0 Å². The molecule has 1 heterocycles. The van der Waals surface area contributed by atoms with Crippen LogP contribution >= 0.6 is 22.6 Å². The van der Waals surface area contributed by atoms with Crippen LogP contribution in [-0.4, -0.2) is 13.4 Å². The second kappa shape index (κ2) is 5.81. The van der Waals surface area contributed by atoms with E-state index in [1.165, 1.54) is 18.3 Å². The van der Waals surface area contributed by atoms with Gasteiger partial charge < -0.3 is 0 Å². The summed E-state index contributed by atoms with van der Waals surface area (Å²) in [6, 6.07) is 12.4. The third kappa shape index (κ3) is 2.91. The second-order valence-electron chi connectivity index (χ2n) is 4.56. The van der Waals surface area contributed by atoms with E-state index in [4.69, 9.17) is 0 Å². The van der Waals surface area contributed by atoms with E-state index in [9.17, 15) is 12.8 Å². The molecule has 2 aromatic carbocycles. The largest absolute Gasteiger partial charge is 0.280 e. The molecule has 1 N–H and O–H groups in total. The summed E-state index contributed by atoms with van der Waals surface area (Å²) in [5.41, 5.74) is 0.481. The molecule has 0 spiro atoms. The van der Waals surface area contributed by atoms with Gasteiger partial charge in [-0.3, -0.25) is 9.71 Å². The maximum Gasteiger partial charge on any atom is 0.262 e. The first-order valence-electron chi connectivity index (χ1n) is 6.29. The molecule has 4 nitrogen and oxygen atoms in total. The van der Waals surface area contributed by atoms with Gasteiger partial charge in [0.05, 0.1) is 4.90 Å². The van der Waals surface area contributed by atoms with Crippen molar-refractivity contribution in [3.05, 3.63) is 64.1 Å². The summed E-state index contributed by atoms with van der Waals surface area (Å²) in [6.07, 6.45) is 1.42. The van der Waals surface area contributed by atoms with Gasteiger partial charge in [0.2, 0.25) is 0 Å². The van der Waals surface area contributed by atoms with Crippen molar-refractivity contribution < 1.29 is 12.8 Å². The highest BCUT2D eigenvalue weighted by atomic mass is 127. The monoisotopic (exact) mass is 428 g/mol. The number of anilines is 1. The van der Waals surface area contributed by atoms with Gasteiger partial charge >= 0.3 is 0 Å². The van der Waals surface area contributed by atoms with Gasteiger partial charge in [-0.2, -0.15) is 0 Å². The van der Waals surface area contributed by atoms with Crippen LogP contribution in [0.3, 0.4) is 0 Å². The van der Waals surface area contributed by atoms with Crippen molar-refractivity contribution in [2.24, 2.45) is 0 Å². The summed E-state index contributed by atoms with van der Waals surface area (Å²) in [5, 5.41) is 0.250. The first-order chi connectivity index (χ1) is 10.5. The Balaban J connectivity index is 2.10. The van der Waals surface area contributed by atoms with Gasteiger partial charge in [0.1, 0.15) is 11.3 Å². The van der Waals surface area contributed by atoms with Crippen LogP contribution in [0.4, 0.5) is 10.1 Å². The van der Waals surface area contributed by atoms with Gasteiger partial charge in [-0.25, -0.2) is 12.8 Å². The number of rotatable bonds is 3. The number of pyridine rings is 1. The number of sulfonamides is 1. The number of fused-ring (bicyclic) bond motifs is 1. The zero-order chi connectivity index (χ0) is 15.7. The molecule has 0 saturated carbocycles. The zero-order valence-electron chi connectivity index (χ0n) is 11.1. The number of nitrogens with zero attached hydrogens (tertiary/aromatic N) is 1. The smallest absolute Gasteiger partial charge is 0.262 e. The standard InChI is InChI=1S/C15H10FIN2O2S/c16-13-7-8-14(12-2-1-9-18-15(12)13)22(20,21)19-11-5-3-10(17)4-6-11/h1-9,19H. The maximum atomic E-state index is 13.7. The number of aromatic nitrogens is 1. The van der Waals surface area contributed by atoms with E-state index in [1.807, 2.05) is 0 Å². The van der Waals surface area contributed by atoms with Crippen molar-refractivity contribution in [1.29, 1.82) is 0 Å². The molecular formula is C15H10FIN2O2S. The van der Waals surface area contributed by atoms with Gasteiger partial charge in [-0.05, 0) is 71.1 Å². The fourth-order valence-electron chi connectivity index (χ4n) is 2.07. The highest BCUT2D eigenvalue weighted by molar-refractivity contribution is 14.1. The molecule has 112 valence electrons. The van der Waals surface area contributed by atoms with Crippen molar-refractivity contribution in [2.75, 3.05) is 4.72 Å². The van der Waals surface area contributed by atoms with Crippen LogP contribution in [-0.2, 0) is 10.0 Å². The third-order valence-electron chi connectivity index (χ3n) is 3.07. The molecule has 22 heavy (non-hydrogen) atoms. The van der Waals surface area contributed by atoms with Crippen LogP contribution in [0.15, 0.2) is 59.6 Å². The van der Waals surface area contributed by atoms with E-state index in [0.717, 1.165) is 9.64 Å². The lowest BCUT2D eigenvalue weighted by Crippen LogP contribution is -2.13. The van der Waals surface area contributed by atoms with Gasteiger partial charge in [-0.1, -0.05) is 0 Å². The average molecular weight is 428 g/mol. The molecule has 0 fully saturated rings. The van der Waals surface area contributed by atoms with Gasteiger partial charge in [-0.15, -0.1) is 0 Å². The Kier molecular flexibility index (Phi) is 4.00. The number of halogens is 2. The summed E-state index contributed by atoms with van der Waals surface area (Å²) in [4.78, 5) is 3.90. The fraction of sp³-hybridized carbons (Fsp3) is 0. The predicted molar refractivity (Wildman–Crippen MR) is 91.7 cm³/mol. The minimum Gasteiger partial charge on any atom is -0.280 e. The maximum absolute atomic E-state index is 13.7. The molecule has 1 aromatic heterocycles. The molecule has 0 atom stereocenters.